The maximum Gasteiger partial charge on any atom is 0.323 e. The second-order valence-corrected chi connectivity index (χ2v) is 7.61. The number of carbonyl (C=O) groups excluding carboxylic acids is 3. The van der Waals surface area contributed by atoms with Gasteiger partial charge in [-0.25, -0.2) is 4.79 Å². The average molecular weight is 435 g/mol. The van der Waals surface area contributed by atoms with E-state index >= 15 is 0 Å². The van der Waals surface area contributed by atoms with Crippen LogP contribution in [0.25, 0.3) is 0 Å². The normalized spacial score (nSPS) is 20.2. The Hall–Kier alpha value is -3.94. The standard InChI is InChI=1S/C22H21N5O5/c1-13(26-31)16-7-14(9-23-10-16)5-6-22(20(29)24-21(30)25-22)12-27-11-15-3-4-17(32-2)8-18(15)19(27)28/h3-4,7-10,13,26,31H,11-12H2,1-2H3,(H2,24,25,29,30)/t13?,22-/m1/s1. The number of ether oxygens (including phenoxy) is 1. The van der Waals surface area contributed by atoms with Gasteiger partial charge in [-0.15, -0.1) is 0 Å². The first kappa shape index (κ1) is 21.3. The molecular formula is C22H21N5O5. The van der Waals surface area contributed by atoms with Crippen LogP contribution in [0, 0.1) is 11.8 Å². The molecule has 1 aromatic carbocycles. The smallest absolute Gasteiger partial charge is 0.323 e. The first-order valence-electron chi connectivity index (χ1n) is 9.83. The highest BCUT2D eigenvalue weighted by atomic mass is 16.5. The lowest BCUT2D eigenvalue weighted by atomic mass is 9.99. The number of imide groups is 1. The molecule has 0 saturated carbocycles. The molecular weight excluding hydrogens is 414 g/mol. The zero-order valence-corrected chi connectivity index (χ0v) is 17.4. The molecule has 4 N–H and O–H groups in total. The van der Waals surface area contributed by atoms with Crippen molar-refractivity contribution >= 4 is 17.8 Å². The van der Waals surface area contributed by atoms with Gasteiger partial charge in [-0.05, 0) is 36.2 Å². The largest absolute Gasteiger partial charge is 0.497 e. The van der Waals surface area contributed by atoms with E-state index in [1.54, 1.807) is 37.4 Å². The van der Waals surface area contributed by atoms with Crippen molar-refractivity contribution in [2.75, 3.05) is 13.7 Å². The minimum Gasteiger partial charge on any atom is -0.497 e. The molecule has 164 valence electrons. The van der Waals surface area contributed by atoms with Gasteiger partial charge >= 0.3 is 6.03 Å². The third-order valence-electron chi connectivity index (χ3n) is 5.44. The number of hydrogen-bond acceptors (Lipinski definition) is 7. The van der Waals surface area contributed by atoms with E-state index in [-0.39, 0.29) is 25.0 Å². The van der Waals surface area contributed by atoms with Crippen LogP contribution in [0.4, 0.5) is 4.79 Å². The second kappa shape index (κ2) is 8.30. The molecule has 4 amide bonds. The molecule has 32 heavy (non-hydrogen) atoms. The molecule has 0 radical (unpaired) electrons. The van der Waals surface area contributed by atoms with E-state index in [9.17, 15) is 14.4 Å². The summed E-state index contributed by atoms with van der Waals surface area (Å²) in [6.07, 6.45) is 3.08. The number of urea groups is 1. The Morgan fingerprint density at radius 2 is 2.12 bits per heavy atom. The van der Waals surface area contributed by atoms with Crippen LogP contribution in [0.3, 0.4) is 0 Å². The summed E-state index contributed by atoms with van der Waals surface area (Å²) in [4.78, 5) is 43.2. The molecule has 0 spiro atoms. The van der Waals surface area contributed by atoms with Gasteiger partial charge in [0.15, 0.2) is 0 Å². The van der Waals surface area contributed by atoms with Gasteiger partial charge in [0.25, 0.3) is 11.8 Å². The second-order valence-electron chi connectivity index (χ2n) is 7.61. The summed E-state index contributed by atoms with van der Waals surface area (Å²) in [5, 5.41) is 13.9. The van der Waals surface area contributed by atoms with Gasteiger partial charge in [-0.1, -0.05) is 17.9 Å². The average Bonchev–Trinajstić information content (AvgIpc) is 3.26. The Morgan fingerprint density at radius 3 is 2.81 bits per heavy atom. The van der Waals surface area contributed by atoms with E-state index in [4.69, 9.17) is 9.94 Å². The van der Waals surface area contributed by atoms with E-state index in [2.05, 4.69) is 32.9 Å². The van der Waals surface area contributed by atoms with Gasteiger partial charge < -0.3 is 20.2 Å². The van der Waals surface area contributed by atoms with Crippen LogP contribution in [0.5, 0.6) is 5.75 Å². The number of pyridine rings is 1. The fourth-order valence-electron chi connectivity index (χ4n) is 3.63. The third kappa shape index (κ3) is 3.87. The number of hydrogen-bond donors (Lipinski definition) is 4. The number of nitrogens with zero attached hydrogens (tertiary/aromatic N) is 2. The predicted octanol–water partition coefficient (Wildman–Crippen LogP) is 0.716. The van der Waals surface area contributed by atoms with Crippen LogP contribution in [0.2, 0.25) is 0 Å². The number of fused-ring (bicyclic) bond motifs is 1. The lowest BCUT2D eigenvalue weighted by molar-refractivity contribution is -0.122. The number of rotatable bonds is 5. The molecule has 0 aliphatic carbocycles. The van der Waals surface area contributed by atoms with Crippen LogP contribution >= 0.6 is 0 Å². The summed E-state index contributed by atoms with van der Waals surface area (Å²) in [6, 6.07) is 5.87. The number of amides is 4. The predicted molar refractivity (Wildman–Crippen MR) is 112 cm³/mol. The lowest BCUT2D eigenvalue weighted by Crippen LogP contribution is -2.54. The zero-order chi connectivity index (χ0) is 22.9. The number of methoxy groups -OCH3 is 1. The van der Waals surface area contributed by atoms with Crippen molar-refractivity contribution in [2.45, 2.75) is 25.0 Å². The number of hydroxylamine groups is 1. The number of carbonyl (C=O) groups is 3. The molecule has 4 rings (SSSR count). The Bertz CT molecular complexity index is 1170. The summed E-state index contributed by atoms with van der Waals surface area (Å²) in [5.41, 5.74) is 2.97. The Morgan fingerprint density at radius 1 is 1.31 bits per heavy atom. The van der Waals surface area contributed by atoms with E-state index in [1.807, 2.05) is 0 Å². The van der Waals surface area contributed by atoms with Gasteiger partial charge in [0.2, 0.25) is 5.54 Å². The minimum atomic E-state index is -1.62. The molecule has 1 unspecified atom stereocenters. The first-order chi connectivity index (χ1) is 15.3. The van der Waals surface area contributed by atoms with Crippen LogP contribution in [-0.2, 0) is 11.3 Å². The molecule has 10 nitrogen and oxygen atoms in total. The summed E-state index contributed by atoms with van der Waals surface area (Å²) < 4.78 is 5.19. The van der Waals surface area contributed by atoms with Gasteiger partial charge in [0, 0.05) is 30.1 Å². The molecule has 1 fully saturated rings. The molecule has 2 aliphatic heterocycles. The molecule has 10 heteroatoms. The highest BCUT2D eigenvalue weighted by molar-refractivity contribution is 6.10. The third-order valence-corrected chi connectivity index (χ3v) is 5.44. The highest BCUT2D eigenvalue weighted by Crippen LogP contribution is 2.28. The number of aromatic nitrogens is 1. The van der Waals surface area contributed by atoms with Crippen molar-refractivity contribution < 1.29 is 24.3 Å². The fourth-order valence-corrected chi connectivity index (χ4v) is 3.63. The van der Waals surface area contributed by atoms with Crippen LogP contribution < -0.4 is 20.9 Å². The summed E-state index contributed by atoms with van der Waals surface area (Å²) in [7, 11) is 1.52. The van der Waals surface area contributed by atoms with Crippen molar-refractivity contribution in [3.05, 3.63) is 58.9 Å². The van der Waals surface area contributed by atoms with Gasteiger partial charge in [0.1, 0.15) is 5.75 Å². The number of nitrogens with one attached hydrogen (secondary N) is 3. The SMILES string of the molecule is COc1ccc2c(c1)C(=O)N(C[C@@]1(C#Cc3cncc(C(C)NO)c3)NC(=O)NC1=O)C2. The van der Waals surface area contributed by atoms with Crippen LogP contribution in [0.1, 0.15) is 40.0 Å². The van der Waals surface area contributed by atoms with Crippen molar-refractivity contribution in [3.8, 4) is 17.6 Å². The quantitative estimate of drug-likeness (QED) is 0.309. The molecule has 2 aliphatic rings. The maximum atomic E-state index is 12.9. The lowest BCUT2D eigenvalue weighted by Gasteiger charge is -2.26. The summed E-state index contributed by atoms with van der Waals surface area (Å²) in [5.74, 6) is 5.35. The van der Waals surface area contributed by atoms with E-state index in [1.165, 1.54) is 18.2 Å². The Labute approximate surface area is 183 Å². The van der Waals surface area contributed by atoms with E-state index < -0.39 is 17.5 Å². The summed E-state index contributed by atoms with van der Waals surface area (Å²) in [6.45, 7) is 1.89. The van der Waals surface area contributed by atoms with E-state index in [0.717, 1.165) is 5.56 Å². The number of benzene rings is 1. The summed E-state index contributed by atoms with van der Waals surface area (Å²) >= 11 is 0. The fraction of sp³-hybridized carbons (Fsp3) is 0.273. The van der Waals surface area contributed by atoms with Gasteiger partial charge in [-0.2, -0.15) is 5.48 Å². The van der Waals surface area contributed by atoms with Crippen molar-refractivity contribution in [1.82, 2.24) is 26.0 Å². The molecule has 1 saturated heterocycles. The molecule has 2 atom stereocenters. The van der Waals surface area contributed by atoms with Crippen LogP contribution in [-0.4, -0.2) is 52.1 Å². The van der Waals surface area contributed by atoms with Crippen molar-refractivity contribution in [2.24, 2.45) is 0 Å². The monoisotopic (exact) mass is 435 g/mol. The van der Waals surface area contributed by atoms with Crippen LogP contribution in [0.15, 0.2) is 36.7 Å². The molecule has 2 aromatic rings. The highest BCUT2D eigenvalue weighted by Gasteiger charge is 2.48. The molecule has 0 bridgehead atoms. The van der Waals surface area contributed by atoms with E-state index in [0.29, 0.717) is 22.4 Å². The van der Waals surface area contributed by atoms with Gasteiger partial charge in [0.05, 0.1) is 19.7 Å². The Kier molecular flexibility index (Phi) is 5.52. The molecule has 3 heterocycles. The minimum absolute atomic E-state index is 0.130. The van der Waals surface area contributed by atoms with Crippen molar-refractivity contribution in [1.29, 1.82) is 0 Å². The van der Waals surface area contributed by atoms with Crippen molar-refractivity contribution in [3.63, 3.8) is 0 Å². The topological polar surface area (TPSA) is 133 Å². The molecule has 1 aromatic heterocycles. The first-order valence-corrected chi connectivity index (χ1v) is 9.83. The zero-order valence-electron chi connectivity index (χ0n) is 17.4. The Balaban J connectivity index is 1.64. The van der Waals surface area contributed by atoms with Gasteiger partial charge in [-0.3, -0.25) is 19.9 Å². The maximum absolute atomic E-state index is 12.9.